The molecule has 0 saturated carbocycles. The number of hydrogen-bond donors (Lipinski definition) is 1. The molecule has 0 aliphatic rings. The number of anilines is 1. The van der Waals surface area contributed by atoms with Crippen molar-refractivity contribution in [2.24, 2.45) is 0 Å². The number of nitrogens with one attached hydrogen (secondary N) is 1. The maximum Gasteiger partial charge on any atom is 0.229 e. The van der Waals surface area contributed by atoms with E-state index >= 15 is 0 Å². The van der Waals surface area contributed by atoms with E-state index in [1.165, 1.54) is 6.07 Å². The molecule has 5 heteroatoms. The van der Waals surface area contributed by atoms with Crippen molar-refractivity contribution in [2.75, 3.05) is 5.32 Å². The van der Waals surface area contributed by atoms with Crippen LogP contribution in [0.25, 0.3) is 5.69 Å². The quantitative estimate of drug-likeness (QED) is 0.778. The number of hydrogen-bond acceptors (Lipinski definition) is 2. The first-order chi connectivity index (χ1) is 12.0. The van der Waals surface area contributed by atoms with Crippen LogP contribution in [0.4, 0.5) is 10.1 Å². The van der Waals surface area contributed by atoms with Crippen LogP contribution in [-0.4, -0.2) is 15.7 Å². The maximum absolute atomic E-state index is 13.9. The number of carbonyl (C=O) groups is 1. The molecule has 0 unspecified atom stereocenters. The van der Waals surface area contributed by atoms with E-state index in [-0.39, 0.29) is 18.0 Å². The highest BCUT2D eigenvalue weighted by Gasteiger charge is 2.16. The van der Waals surface area contributed by atoms with Crippen molar-refractivity contribution in [2.45, 2.75) is 27.2 Å². The van der Waals surface area contributed by atoms with E-state index in [9.17, 15) is 9.18 Å². The lowest BCUT2D eigenvalue weighted by molar-refractivity contribution is -0.115. The molecule has 3 rings (SSSR count). The van der Waals surface area contributed by atoms with E-state index in [0.717, 1.165) is 28.2 Å². The lowest BCUT2D eigenvalue weighted by atomic mass is 10.1. The minimum absolute atomic E-state index is 0.151. The van der Waals surface area contributed by atoms with Crippen molar-refractivity contribution >= 4 is 11.6 Å². The van der Waals surface area contributed by atoms with E-state index in [2.05, 4.69) is 10.4 Å². The number of carbonyl (C=O) groups excluding carboxylic acids is 1. The van der Waals surface area contributed by atoms with Crippen molar-refractivity contribution in [3.05, 3.63) is 76.9 Å². The topological polar surface area (TPSA) is 46.9 Å². The normalized spacial score (nSPS) is 10.7. The van der Waals surface area contributed by atoms with E-state index in [1.807, 2.05) is 48.9 Å². The monoisotopic (exact) mass is 337 g/mol. The van der Waals surface area contributed by atoms with Gasteiger partial charge >= 0.3 is 0 Å². The van der Waals surface area contributed by atoms with Crippen LogP contribution in [0.15, 0.2) is 48.5 Å². The molecule has 1 aromatic heterocycles. The SMILES string of the molecule is Cc1ccc(NC(=O)Cc2c(C)nn(-c3ccccc3)c2C)c(F)c1. The van der Waals surface area contributed by atoms with E-state index in [1.54, 1.807) is 19.1 Å². The fourth-order valence-corrected chi connectivity index (χ4v) is 2.83. The van der Waals surface area contributed by atoms with Crippen molar-refractivity contribution in [3.8, 4) is 5.69 Å². The molecule has 25 heavy (non-hydrogen) atoms. The molecule has 0 aliphatic carbocycles. The number of amides is 1. The van der Waals surface area contributed by atoms with E-state index in [0.29, 0.717) is 0 Å². The molecular formula is C20H20FN3O. The summed E-state index contributed by atoms with van der Waals surface area (Å²) in [4.78, 5) is 12.4. The van der Waals surface area contributed by atoms with Gasteiger partial charge in [0.05, 0.1) is 23.5 Å². The summed E-state index contributed by atoms with van der Waals surface area (Å²) in [6, 6.07) is 14.5. The minimum Gasteiger partial charge on any atom is -0.323 e. The Kier molecular flexibility index (Phi) is 4.65. The first-order valence-electron chi connectivity index (χ1n) is 8.12. The average molecular weight is 337 g/mol. The summed E-state index contributed by atoms with van der Waals surface area (Å²) in [7, 11) is 0. The first kappa shape index (κ1) is 16.9. The maximum atomic E-state index is 13.9. The third-order valence-electron chi connectivity index (χ3n) is 4.18. The van der Waals surface area contributed by atoms with Gasteiger partial charge in [-0.2, -0.15) is 5.10 Å². The van der Waals surface area contributed by atoms with Gasteiger partial charge in [0.1, 0.15) is 5.82 Å². The number of rotatable bonds is 4. The van der Waals surface area contributed by atoms with Gasteiger partial charge in [-0.05, 0) is 50.6 Å². The summed E-state index contributed by atoms with van der Waals surface area (Å²) in [6.45, 7) is 5.61. The van der Waals surface area contributed by atoms with Gasteiger partial charge in [0.2, 0.25) is 5.91 Å². The van der Waals surface area contributed by atoms with Gasteiger partial charge < -0.3 is 5.32 Å². The smallest absolute Gasteiger partial charge is 0.229 e. The number of halogens is 1. The zero-order valence-electron chi connectivity index (χ0n) is 14.5. The van der Waals surface area contributed by atoms with Gasteiger partial charge in [-0.3, -0.25) is 4.79 Å². The van der Waals surface area contributed by atoms with Crippen LogP contribution in [0.1, 0.15) is 22.5 Å². The van der Waals surface area contributed by atoms with Gasteiger partial charge in [-0.25, -0.2) is 9.07 Å². The second kappa shape index (κ2) is 6.89. The molecule has 1 N–H and O–H groups in total. The Bertz CT molecular complexity index is 916. The van der Waals surface area contributed by atoms with Crippen molar-refractivity contribution in [3.63, 3.8) is 0 Å². The first-order valence-corrected chi connectivity index (χ1v) is 8.12. The van der Waals surface area contributed by atoms with Crippen molar-refractivity contribution in [1.29, 1.82) is 0 Å². The molecule has 1 amide bonds. The lowest BCUT2D eigenvalue weighted by Crippen LogP contribution is -2.16. The largest absolute Gasteiger partial charge is 0.323 e. The number of aryl methyl sites for hydroxylation is 2. The molecule has 0 saturated heterocycles. The van der Waals surface area contributed by atoms with Crippen LogP contribution >= 0.6 is 0 Å². The van der Waals surface area contributed by atoms with Gasteiger partial charge in [-0.1, -0.05) is 24.3 Å². The number of aromatic nitrogens is 2. The fraction of sp³-hybridized carbons (Fsp3) is 0.200. The zero-order valence-corrected chi connectivity index (χ0v) is 14.5. The second-order valence-electron chi connectivity index (χ2n) is 6.10. The summed E-state index contributed by atoms with van der Waals surface area (Å²) < 4.78 is 15.7. The molecule has 2 aromatic carbocycles. The van der Waals surface area contributed by atoms with Crippen LogP contribution in [0.3, 0.4) is 0 Å². The Morgan fingerprint density at radius 1 is 1.12 bits per heavy atom. The Labute approximate surface area is 146 Å². The van der Waals surface area contributed by atoms with Gasteiger partial charge in [0, 0.05) is 11.3 Å². The molecule has 128 valence electrons. The molecule has 0 spiro atoms. The highest BCUT2D eigenvalue weighted by Crippen LogP contribution is 2.20. The molecule has 0 fully saturated rings. The molecule has 1 heterocycles. The molecule has 0 atom stereocenters. The Morgan fingerprint density at radius 2 is 1.84 bits per heavy atom. The van der Waals surface area contributed by atoms with Crippen molar-refractivity contribution in [1.82, 2.24) is 9.78 Å². The molecule has 0 bridgehead atoms. The molecule has 0 radical (unpaired) electrons. The van der Waals surface area contributed by atoms with Gasteiger partial charge in [0.25, 0.3) is 0 Å². The summed E-state index contributed by atoms with van der Waals surface area (Å²) in [5.41, 5.74) is 4.50. The lowest BCUT2D eigenvalue weighted by Gasteiger charge is -2.08. The van der Waals surface area contributed by atoms with Crippen LogP contribution in [0.5, 0.6) is 0 Å². The third-order valence-corrected chi connectivity index (χ3v) is 4.18. The highest BCUT2D eigenvalue weighted by molar-refractivity contribution is 5.92. The Balaban J connectivity index is 1.81. The fourth-order valence-electron chi connectivity index (χ4n) is 2.83. The van der Waals surface area contributed by atoms with Crippen LogP contribution < -0.4 is 5.32 Å². The Morgan fingerprint density at radius 3 is 2.52 bits per heavy atom. The summed E-state index contributed by atoms with van der Waals surface area (Å²) in [5, 5.41) is 7.17. The van der Waals surface area contributed by atoms with Gasteiger partial charge in [-0.15, -0.1) is 0 Å². The predicted octanol–water partition coefficient (Wildman–Crippen LogP) is 4.12. The summed E-state index contributed by atoms with van der Waals surface area (Å²) >= 11 is 0. The molecule has 0 aliphatic heterocycles. The molecule has 4 nitrogen and oxygen atoms in total. The minimum atomic E-state index is -0.429. The average Bonchev–Trinajstić information content (AvgIpc) is 2.86. The summed E-state index contributed by atoms with van der Waals surface area (Å²) in [6.07, 6.45) is 0.151. The van der Waals surface area contributed by atoms with Crippen LogP contribution in [0.2, 0.25) is 0 Å². The summed E-state index contributed by atoms with van der Waals surface area (Å²) in [5.74, 6) is -0.691. The number of benzene rings is 2. The van der Waals surface area contributed by atoms with E-state index in [4.69, 9.17) is 0 Å². The van der Waals surface area contributed by atoms with Crippen molar-refractivity contribution < 1.29 is 9.18 Å². The Hall–Kier alpha value is -2.95. The zero-order chi connectivity index (χ0) is 18.0. The van der Waals surface area contributed by atoms with E-state index < -0.39 is 5.82 Å². The predicted molar refractivity (Wildman–Crippen MR) is 96.5 cm³/mol. The second-order valence-corrected chi connectivity index (χ2v) is 6.10. The number of para-hydroxylation sites is 1. The molecule has 3 aromatic rings. The number of nitrogens with zero attached hydrogens (tertiary/aromatic N) is 2. The standard InChI is InChI=1S/C20H20FN3O/c1-13-9-10-19(18(21)11-13)22-20(25)12-17-14(2)23-24(15(17)3)16-7-5-4-6-8-16/h4-11H,12H2,1-3H3,(H,22,25). The highest BCUT2D eigenvalue weighted by atomic mass is 19.1. The van der Waals surface area contributed by atoms with Gasteiger partial charge in [0.15, 0.2) is 0 Å². The van der Waals surface area contributed by atoms with Crippen LogP contribution in [0, 0.1) is 26.6 Å². The molecular weight excluding hydrogens is 317 g/mol. The third kappa shape index (κ3) is 3.60. The van der Waals surface area contributed by atoms with Crippen LogP contribution in [-0.2, 0) is 11.2 Å².